The highest BCUT2D eigenvalue weighted by molar-refractivity contribution is 5.81. The second-order valence-corrected chi connectivity index (χ2v) is 5.47. The van der Waals surface area contributed by atoms with Crippen LogP contribution in [0.5, 0.6) is 0 Å². The summed E-state index contributed by atoms with van der Waals surface area (Å²) in [5, 5.41) is 6.27. The molecule has 0 aliphatic heterocycles. The van der Waals surface area contributed by atoms with Crippen molar-refractivity contribution in [3.63, 3.8) is 0 Å². The van der Waals surface area contributed by atoms with E-state index in [4.69, 9.17) is 0 Å². The summed E-state index contributed by atoms with van der Waals surface area (Å²) in [6.45, 7) is 6.50. The van der Waals surface area contributed by atoms with Gasteiger partial charge >= 0.3 is 0 Å². The highest BCUT2D eigenvalue weighted by Crippen LogP contribution is 2.24. The zero-order chi connectivity index (χ0) is 12.1. The van der Waals surface area contributed by atoms with Gasteiger partial charge in [0, 0.05) is 13.1 Å². The summed E-state index contributed by atoms with van der Waals surface area (Å²) in [7, 11) is 1.71. The molecule has 16 heavy (non-hydrogen) atoms. The molecule has 0 aromatic heterocycles. The molecule has 0 radical (unpaired) electrons. The van der Waals surface area contributed by atoms with Gasteiger partial charge in [0.2, 0.25) is 5.91 Å². The van der Waals surface area contributed by atoms with Gasteiger partial charge in [0.05, 0.1) is 6.04 Å². The molecule has 1 rings (SSSR count). The summed E-state index contributed by atoms with van der Waals surface area (Å²) in [6, 6.07) is 0.480. The Morgan fingerprint density at radius 2 is 2.00 bits per heavy atom. The van der Waals surface area contributed by atoms with Crippen LogP contribution in [0.2, 0.25) is 0 Å². The molecular formula is C13H26N2O. The van der Waals surface area contributed by atoms with Crippen molar-refractivity contribution in [1.82, 2.24) is 10.6 Å². The van der Waals surface area contributed by atoms with Crippen LogP contribution in [0, 0.1) is 11.8 Å². The van der Waals surface area contributed by atoms with Gasteiger partial charge in [-0.25, -0.2) is 0 Å². The molecular weight excluding hydrogens is 200 g/mol. The number of hydrogen-bond acceptors (Lipinski definition) is 2. The van der Waals surface area contributed by atoms with Crippen LogP contribution < -0.4 is 10.6 Å². The first-order valence-corrected chi connectivity index (χ1v) is 6.52. The van der Waals surface area contributed by atoms with Crippen LogP contribution >= 0.6 is 0 Å². The van der Waals surface area contributed by atoms with Crippen molar-refractivity contribution in [3.8, 4) is 0 Å². The quantitative estimate of drug-likeness (QED) is 0.769. The Balaban J connectivity index is 2.50. The second-order valence-electron chi connectivity index (χ2n) is 5.47. The molecule has 1 aliphatic rings. The summed E-state index contributed by atoms with van der Waals surface area (Å²) in [6.07, 6.45) is 5.05. The molecule has 1 fully saturated rings. The number of amides is 1. The van der Waals surface area contributed by atoms with Crippen molar-refractivity contribution >= 4 is 5.91 Å². The molecule has 3 nitrogen and oxygen atoms in total. The van der Waals surface area contributed by atoms with Crippen LogP contribution in [0.15, 0.2) is 0 Å². The number of carbonyl (C=O) groups excluding carboxylic acids is 1. The minimum Gasteiger partial charge on any atom is -0.358 e. The van der Waals surface area contributed by atoms with E-state index in [2.05, 4.69) is 31.4 Å². The lowest BCUT2D eigenvalue weighted by Gasteiger charge is -2.32. The van der Waals surface area contributed by atoms with E-state index in [0.717, 1.165) is 5.92 Å². The van der Waals surface area contributed by atoms with E-state index in [1.165, 1.54) is 25.7 Å². The molecule has 3 unspecified atom stereocenters. The van der Waals surface area contributed by atoms with Crippen molar-refractivity contribution in [2.24, 2.45) is 11.8 Å². The van der Waals surface area contributed by atoms with Crippen molar-refractivity contribution < 1.29 is 4.79 Å². The maximum atomic E-state index is 11.7. The van der Waals surface area contributed by atoms with Crippen LogP contribution in [-0.2, 0) is 4.79 Å². The highest BCUT2D eigenvalue weighted by Gasteiger charge is 2.26. The molecule has 0 aromatic rings. The van der Waals surface area contributed by atoms with Crippen LogP contribution in [0.3, 0.4) is 0 Å². The lowest BCUT2D eigenvalue weighted by molar-refractivity contribution is -0.124. The standard InChI is InChI=1S/C13H26N2O/c1-9(2)12(13(16)14-4)15-11-7-5-6-10(3)8-11/h9-12,15H,5-8H2,1-4H3,(H,14,16). The molecule has 3 atom stereocenters. The van der Waals surface area contributed by atoms with Crippen LogP contribution in [0.1, 0.15) is 46.5 Å². The Morgan fingerprint density at radius 1 is 1.31 bits per heavy atom. The van der Waals surface area contributed by atoms with Gasteiger partial charge in [0.1, 0.15) is 0 Å². The summed E-state index contributed by atoms with van der Waals surface area (Å²) >= 11 is 0. The molecule has 0 saturated heterocycles. The van der Waals surface area contributed by atoms with Gasteiger partial charge in [-0.15, -0.1) is 0 Å². The van der Waals surface area contributed by atoms with Crippen molar-refractivity contribution in [3.05, 3.63) is 0 Å². The van der Waals surface area contributed by atoms with Gasteiger partial charge in [-0.3, -0.25) is 4.79 Å². The van der Waals surface area contributed by atoms with Crippen molar-refractivity contribution in [2.75, 3.05) is 7.05 Å². The number of rotatable bonds is 4. The Kier molecular flexibility index (Phi) is 5.26. The first kappa shape index (κ1) is 13.5. The third kappa shape index (κ3) is 3.78. The normalized spacial score (nSPS) is 27.8. The molecule has 0 spiro atoms. The molecule has 0 bridgehead atoms. The minimum absolute atomic E-state index is 0.0414. The van der Waals surface area contributed by atoms with E-state index in [-0.39, 0.29) is 11.9 Å². The second kappa shape index (κ2) is 6.24. The number of hydrogen-bond donors (Lipinski definition) is 2. The van der Waals surface area contributed by atoms with Crippen molar-refractivity contribution in [1.29, 1.82) is 0 Å². The molecule has 94 valence electrons. The zero-order valence-corrected chi connectivity index (χ0v) is 11.0. The molecule has 1 aliphatic carbocycles. The topological polar surface area (TPSA) is 41.1 Å². The van der Waals surface area contributed by atoms with Crippen LogP contribution in [-0.4, -0.2) is 25.0 Å². The van der Waals surface area contributed by atoms with E-state index < -0.39 is 0 Å². The predicted octanol–water partition coefficient (Wildman–Crippen LogP) is 1.93. The van der Waals surface area contributed by atoms with Gasteiger partial charge in [0.15, 0.2) is 0 Å². The number of likely N-dealkylation sites (N-methyl/N-ethyl adjacent to an activating group) is 1. The summed E-state index contributed by atoms with van der Waals surface area (Å²) in [5.74, 6) is 1.26. The minimum atomic E-state index is -0.0414. The molecule has 1 amide bonds. The predicted molar refractivity (Wildman–Crippen MR) is 67.2 cm³/mol. The third-order valence-electron chi connectivity index (χ3n) is 3.55. The van der Waals surface area contributed by atoms with Crippen LogP contribution in [0.4, 0.5) is 0 Å². The first-order chi connectivity index (χ1) is 7.54. The van der Waals surface area contributed by atoms with Gasteiger partial charge < -0.3 is 10.6 Å². The molecule has 0 heterocycles. The van der Waals surface area contributed by atoms with E-state index in [0.29, 0.717) is 12.0 Å². The highest BCUT2D eigenvalue weighted by atomic mass is 16.2. The largest absolute Gasteiger partial charge is 0.358 e. The molecule has 1 saturated carbocycles. The molecule has 3 heteroatoms. The average Bonchev–Trinajstić information content (AvgIpc) is 2.24. The van der Waals surface area contributed by atoms with Gasteiger partial charge in [-0.1, -0.05) is 33.6 Å². The van der Waals surface area contributed by atoms with Crippen LogP contribution in [0.25, 0.3) is 0 Å². The average molecular weight is 226 g/mol. The van der Waals surface area contributed by atoms with E-state index in [1.807, 2.05) is 0 Å². The Bertz CT molecular complexity index is 228. The number of nitrogens with one attached hydrogen (secondary N) is 2. The fourth-order valence-corrected chi connectivity index (χ4v) is 2.57. The fourth-order valence-electron chi connectivity index (χ4n) is 2.57. The number of carbonyl (C=O) groups is 1. The maximum absolute atomic E-state index is 11.7. The van der Waals surface area contributed by atoms with Gasteiger partial charge in [-0.2, -0.15) is 0 Å². The van der Waals surface area contributed by atoms with E-state index >= 15 is 0 Å². The summed E-state index contributed by atoms with van der Waals surface area (Å²) in [5.41, 5.74) is 0. The van der Waals surface area contributed by atoms with Gasteiger partial charge in [-0.05, 0) is 24.7 Å². The lowest BCUT2D eigenvalue weighted by Crippen LogP contribution is -2.51. The lowest BCUT2D eigenvalue weighted by atomic mass is 9.86. The Hall–Kier alpha value is -0.570. The first-order valence-electron chi connectivity index (χ1n) is 6.52. The van der Waals surface area contributed by atoms with E-state index in [9.17, 15) is 4.79 Å². The molecule has 0 aromatic carbocycles. The SMILES string of the molecule is CNC(=O)C(NC1CCCC(C)C1)C(C)C. The maximum Gasteiger partial charge on any atom is 0.237 e. The Morgan fingerprint density at radius 3 is 2.50 bits per heavy atom. The molecule has 2 N–H and O–H groups in total. The fraction of sp³-hybridized carbons (Fsp3) is 0.923. The third-order valence-corrected chi connectivity index (χ3v) is 3.55. The summed E-state index contributed by atoms with van der Waals surface area (Å²) in [4.78, 5) is 11.7. The van der Waals surface area contributed by atoms with Crippen molar-refractivity contribution in [2.45, 2.75) is 58.5 Å². The smallest absolute Gasteiger partial charge is 0.237 e. The monoisotopic (exact) mass is 226 g/mol. The zero-order valence-electron chi connectivity index (χ0n) is 11.0. The Labute approximate surface area is 99.4 Å². The summed E-state index contributed by atoms with van der Waals surface area (Å²) < 4.78 is 0. The van der Waals surface area contributed by atoms with Gasteiger partial charge in [0.25, 0.3) is 0 Å². The van der Waals surface area contributed by atoms with E-state index in [1.54, 1.807) is 7.05 Å².